The highest BCUT2D eigenvalue weighted by Gasteiger charge is 2.70. The van der Waals surface area contributed by atoms with Crippen molar-refractivity contribution in [1.29, 1.82) is 0 Å². The molecule has 1 aliphatic carbocycles. The fourth-order valence-electron chi connectivity index (χ4n) is 6.15. The fourth-order valence-corrected chi connectivity index (χ4v) is 6.15. The molecule has 0 aromatic heterocycles. The number of benzene rings is 1. The summed E-state index contributed by atoms with van der Waals surface area (Å²) in [6.07, 6.45) is 5.16. The maximum absolute atomic E-state index is 13.5. The van der Waals surface area contributed by atoms with E-state index in [1.807, 2.05) is 13.0 Å². The number of esters is 1. The predicted molar refractivity (Wildman–Crippen MR) is 102 cm³/mol. The Morgan fingerprint density at radius 3 is 2.86 bits per heavy atom. The van der Waals surface area contributed by atoms with Gasteiger partial charge in [0.25, 0.3) is 0 Å². The van der Waals surface area contributed by atoms with Gasteiger partial charge < -0.3 is 9.47 Å². The highest BCUT2D eigenvalue weighted by Crippen LogP contribution is 2.60. The zero-order chi connectivity index (χ0) is 20.2. The van der Waals surface area contributed by atoms with Crippen molar-refractivity contribution in [3.05, 3.63) is 35.6 Å². The number of aryl methyl sites for hydroxylation is 1. The van der Waals surface area contributed by atoms with Crippen LogP contribution in [-0.4, -0.2) is 23.6 Å². The topological polar surface area (TPSA) is 54.0 Å². The van der Waals surface area contributed by atoms with Gasteiger partial charge >= 0.3 is 5.97 Å². The fraction of sp³-hybridized carbons (Fsp3) is 0.696. The molecular weight excluding hydrogens is 375 g/mol. The zero-order valence-corrected chi connectivity index (χ0v) is 17.1. The van der Waals surface area contributed by atoms with E-state index in [1.165, 1.54) is 6.07 Å². The van der Waals surface area contributed by atoms with E-state index in [4.69, 9.17) is 19.2 Å². The Hall–Kier alpha value is -1.50. The Bertz CT molecular complexity index is 799. The van der Waals surface area contributed by atoms with Crippen LogP contribution in [0.25, 0.3) is 0 Å². The van der Waals surface area contributed by atoms with Crippen LogP contribution < -0.4 is 0 Å². The predicted octanol–water partition coefficient (Wildman–Crippen LogP) is 4.54. The number of halogens is 1. The van der Waals surface area contributed by atoms with Crippen LogP contribution in [0.4, 0.5) is 4.39 Å². The molecule has 4 saturated heterocycles. The molecule has 2 bridgehead atoms. The third kappa shape index (κ3) is 3.11. The molecule has 4 heterocycles. The molecule has 29 heavy (non-hydrogen) atoms. The lowest BCUT2D eigenvalue weighted by Gasteiger charge is -2.58. The molecule has 1 aromatic rings. The third-order valence-corrected chi connectivity index (χ3v) is 7.66. The first-order chi connectivity index (χ1) is 13.9. The Balaban J connectivity index is 1.38. The quantitative estimate of drug-likeness (QED) is 0.545. The van der Waals surface area contributed by atoms with E-state index in [-0.39, 0.29) is 29.5 Å². The first kappa shape index (κ1) is 19.5. The van der Waals surface area contributed by atoms with E-state index in [0.29, 0.717) is 12.3 Å². The minimum atomic E-state index is -0.859. The lowest BCUT2D eigenvalue weighted by Crippen LogP contribution is -2.70. The van der Waals surface area contributed by atoms with E-state index < -0.39 is 17.7 Å². The van der Waals surface area contributed by atoms with E-state index in [0.717, 1.165) is 44.1 Å². The average Bonchev–Trinajstić information content (AvgIpc) is 2.91. The van der Waals surface area contributed by atoms with Crippen LogP contribution in [0.1, 0.15) is 57.9 Å². The second-order valence-electron chi connectivity index (χ2n) is 9.48. The monoisotopic (exact) mass is 404 g/mol. The summed E-state index contributed by atoms with van der Waals surface area (Å²) in [7, 11) is 0. The lowest BCUT2D eigenvalue weighted by atomic mass is 9.57. The maximum Gasteiger partial charge on any atom is 0.311 e. The summed E-state index contributed by atoms with van der Waals surface area (Å²) in [4.78, 5) is 24.8. The van der Waals surface area contributed by atoms with Crippen molar-refractivity contribution in [3.8, 4) is 0 Å². The molecule has 6 rings (SSSR count). The van der Waals surface area contributed by atoms with E-state index >= 15 is 0 Å². The molecular formula is C23H29FO5. The van der Waals surface area contributed by atoms with Crippen molar-refractivity contribution in [2.45, 2.75) is 76.5 Å². The van der Waals surface area contributed by atoms with Crippen LogP contribution in [-0.2, 0) is 30.5 Å². The van der Waals surface area contributed by atoms with Gasteiger partial charge in [-0.2, -0.15) is 0 Å². The van der Waals surface area contributed by atoms with Gasteiger partial charge in [0.05, 0.1) is 5.92 Å². The van der Waals surface area contributed by atoms with Crippen LogP contribution in [0.5, 0.6) is 0 Å². The van der Waals surface area contributed by atoms with Gasteiger partial charge in [0.15, 0.2) is 5.60 Å². The Morgan fingerprint density at radius 2 is 2.03 bits per heavy atom. The van der Waals surface area contributed by atoms with Crippen molar-refractivity contribution in [2.24, 2.45) is 23.7 Å². The van der Waals surface area contributed by atoms with Gasteiger partial charge in [0.1, 0.15) is 5.82 Å². The largest absolute Gasteiger partial charge is 0.432 e. The molecule has 0 radical (unpaired) electrons. The Kier molecular flexibility index (Phi) is 4.72. The summed E-state index contributed by atoms with van der Waals surface area (Å²) in [5, 5.41) is 0. The number of hydrogen-bond donors (Lipinski definition) is 0. The molecule has 6 heteroatoms. The Morgan fingerprint density at radius 1 is 1.17 bits per heavy atom. The number of hydrogen-bond acceptors (Lipinski definition) is 5. The number of carbonyl (C=O) groups excluding carboxylic acids is 1. The smallest absolute Gasteiger partial charge is 0.311 e. The number of ether oxygens (including phenoxy) is 2. The van der Waals surface area contributed by atoms with Gasteiger partial charge in [-0.3, -0.25) is 4.79 Å². The van der Waals surface area contributed by atoms with Crippen molar-refractivity contribution in [1.82, 2.24) is 0 Å². The SMILES string of the molecule is C[C@@H]1CC[C@H]2[C@@H](CCCc3cccc(F)c3)C(=O)OC3O[C@]4(C)CC[C@@H]1[C@]32OO4. The normalized spacial score (nSPS) is 43.4. The molecule has 5 aliphatic rings. The summed E-state index contributed by atoms with van der Waals surface area (Å²) in [6, 6.07) is 6.66. The van der Waals surface area contributed by atoms with Crippen molar-refractivity contribution in [3.63, 3.8) is 0 Å². The van der Waals surface area contributed by atoms with Crippen molar-refractivity contribution in [2.75, 3.05) is 0 Å². The van der Waals surface area contributed by atoms with Gasteiger partial charge in [0, 0.05) is 18.3 Å². The van der Waals surface area contributed by atoms with Crippen LogP contribution in [0.3, 0.4) is 0 Å². The van der Waals surface area contributed by atoms with Crippen LogP contribution in [0.15, 0.2) is 24.3 Å². The number of rotatable bonds is 4. The van der Waals surface area contributed by atoms with Gasteiger partial charge in [0.2, 0.25) is 12.1 Å². The third-order valence-electron chi connectivity index (χ3n) is 7.66. The second-order valence-corrected chi connectivity index (χ2v) is 9.48. The van der Waals surface area contributed by atoms with Crippen LogP contribution >= 0.6 is 0 Å². The van der Waals surface area contributed by atoms with Crippen molar-refractivity contribution < 1.29 is 28.4 Å². The highest BCUT2D eigenvalue weighted by atomic mass is 19.1. The second kappa shape index (κ2) is 7.03. The molecule has 1 saturated carbocycles. The average molecular weight is 404 g/mol. The maximum atomic E-state index is 13.5. The zero-order valence-electron chi connectivity index (χ0n) is 17.1. The molecule has 1 spiro atoms. The van der Waals surface area contributed by atoms with E-state index in [9.17, 15) is 9.18 Å². The van der Waals surface area contributed by atoms with Crippen molar-refractivity contribution >= 4 is 5.97 Å². The van der Waals surface area contributed by atoms with Crippen LogP contribution in [0.2, 0.25) is 0 Å². The molecule has 7 atom stereocenters. The molecule has 5 nitrogen and oxygen atoms in total. The first-order valence-corrected chi connectivity index (χ1v) is 10.9. The minimum Gasteiger partial charge on any atom is -0.432 e. The molecule has 1 unspecified atom stereocenters. The minimum absolute atomic E-state index is 0.0186. The molecule has 5 fully saturated rings. The van der Waals surface area contributed by atoms with Gasteiger partial charge in [-0.15, -0.1) is 0 Å². The number of carbonyl (C=O) groups is 1. The summed E-state index contributed by atoms with van der Waals surface area (Å²) >= 11 is 0. The summed E-state index contributed by atoms with van der Waals surface area (Å²) < 4.78 is 25.5. The van der Waals surface area contributed by atoms with Gasteiger partial charge in [-0.05, 0) is 69.1 Å². The molecule has 158 valence electrons. The Labute approximate surface area is 170 Å². The van der Waals surface area contributed by atoms with Gasteiger partial charge in [-0.1, -0.05) is 19.1 Å². The number of fused-ring (bicyclic) bond motifs is 2. The summed E-state index contributed by atoms with van der Waals surface area (Å²) in [5.41, 5.74) is 0.233. The van der Waals surface area contributed by atoms with E-state index in [1.54, 1.807) is 12.1 Å². The molecule has 4 aliphatic heterocycles. The summed E-state index contributed by atoms with van der Waals surface area (Å²) in [5.74, 6) is -0.799. The standard InChI is InChI=1S/C23H29FO5/c1-14-9-10-19-17(8-4-6-15-5-3-7-16(24)13-15)20(25)26-21-23(19)18(14)11-12-22(2,27-21)28-29-23/h3,5,7,13-14,17-19,21H,4,6,8-12H2,1-2H3/t14-,17-,18+,19+,21?,22+,23-/m1/s1. The molecule has 0 N–H and O–H groups in total. The molecule has 0 amide bonds. The van der Waals surface area contributed by atoms with Gasteiger partial charge in [-0.25, -0.2) is 14.2 Å². The van der Waals surface area contributed by atoms with Crippen LogP contribution in [0, 0.1) is 29.5 Å². The summed E-state index contributed by atoms with van der Waals surface area (Å²) in [6.45, 7) is 4.11. The first-order valence-electron chi connectivity index (χ1n) is 10.9. The highest BCUT2D eigenvalue weighted by molar-refractivity contribution is 5.74. The molecule has 1 aromatic carbocycles. The van der Waals surface area contributed by atoms with E-state index in [2.05, 4.69) is 6.92 Å². The lowest BCUT2D eigenvalue weighted by molar-refractivity contribution is -0.559.